The van der Waals surface area contributed by atoms with Crippen molar-refractivity contribution in [1.29, 1.82) is 5.26 Å². The van der Waals surface area contributed by atoms with E-state index < -0.39 is 17.9 Å². The quantitative estimate of drug-likeness (QED) is 0.473. The molecule has 1 aromatic heterocycles. The lowest BCUT2D eigenvalue weighted by Gasteiger charge is -2.28. The van der Waals surface area contributed by atoms with Crippen LogP contribution in [-0.4, -0.2) is 34.4 Å². The van der Waals surface area contributed by atoms with Gasteiger partial charge in [0.15, 0.2) is 5.82 Å². The highest BCUT2D eigenvalue weighted by molar-refractivity contribution is 5.92. The lowest BCUT2D eigenvalue weighted by atomic mass is 10.1. The third-order valence-corrected chi connectivity index (χ3v) is 5.22. The molecule has 2 amide bonds. The second kappa shape index (κ2) is 10.9. The van der Waals surface area contributed by atoms with Gasteiger partial charge in [-0.05, 0) is 61.9 Å². The minimum absolute atomic E-state index is 0.0380. The molecule has 4 N–H and O–H groups in total. The fourth-order valence-electron chi connectivity index (χ4n) is 3.23. The van der Waals surface area contributed by atoms with Gasteiger partial charge in [0.2, 0.25) is 5.91 Å². The van der Waals surface area contributed by atoms with Crippen LogP contribution in [0, 0.1) is 11.3 Å². The van der Waals surface area contributed by atoms with Crippen molar-refractivity contribution in [3.63, 3.8) is 0 Å². The smallest absolute Gasteiger partial charge is 0.267 e. The van der Waals surface area contributed by atoms with Crippen LogP contribution in [0.15, 0.2) is 54.6 Å². The number of nitrogens with zero attached hydrogens (tertiary/aromatic N) is 4. The van der Waals surface area contributed by atoms with Gasteiger partial charge in [-0.25, -0.2) is 9.97 Å². The van der Waals surface area contributed by atoms with Gasteiger partial charge in [-0.15, -0.1) is 0 Å². The van der Waals surface area contributed by atoms with Gasteiger partial charge in [-0.1, -0.05) is 13.3 Å². The summed E-state index contributed by atoms with van der Waals surface area (Å²) < 4.78 is 5.81. The first-order valence-corrected chi connectivity index (χ1v) is 10.9. The van der Waals surface area contributed by atoms with Crippen LogP contribution in [0.25, 0.3) is 11.4 Å². The Morgan fingerprint density at radius 3 is 2.21 bits per heavy atom. The molecule has 34 heavy (non-hydrogen) atoms. The minimum Gasteiger partial charge on any atom is -0.457 e. The average Bonchev–Trinajstić information content (AvgIpc) is 2.84. The normalized spacial score (nSPS) is 11.3. The molecular formula is C25H26N6O3. The zero-order valence-electron chi connectivity index (χ0n) is 19.1. The first-order valence-electron chi connectivity index (χ1n) is 10.9. The summed E-state index contributed by atoms with van der Waals surface area (Å²) in [5.74, 6) is 0.652. The Bertz CT molecular complexity index is 1200. The highest BCUT2D eigenvalue weighted by Gasteiger charge is 2.22. The Morgan fingerprint density at radius 1 is 1.06 bits per heavy atom. The molecule has 1 unspecified atom stereocenters. The van der Waals surface area contributed by atoms with Gasteiger partial charge in [0, 0.05) is 18.2 Å². The molecule has 0 aliphatic heterocycles. The van der Waals surface area contributed by atoms with Crippen molar-refractivity contribution in [3.05, 3.63) is 65.9 Å². The molecule has 0 radical (unpaired) electrons. The third kappa shape index (κ3) is 5.86. The van der Waals surface area contributed by atoms with Gasteiger partial charge < -0.3 is 21.1 Å². The third-order valence-electron chi connectivity index (χ3n) is 5.22. The maximum atomic E-state index is 12.0. The molecule has 3 aromatic rings. The van der Waals surface area contributed by atoms with Gasteiger partial charge >= 0.3 is 0 Å². The van der Waals surface area contributed by atoms with E-state index in [4.69, 9.17) is 21.5 Å². The number of amides is 2. The number of hydrogen-bond donors (Lipinski definition) is 2. The number of primary amides is 2. The number of unbranched alkanes of at least 4 members (excludes halogenated alkanes) is 1. The Labute approximate surface area is 198 Å². The van der Waals surface area contributed by atoms with Crippen molar-refractivity contribution in [1.82, 2.24) is 9.97 Å². The highest BCUT2D eigenvalue weighted by atomic mass is 16.5. The summed E-state index contributed by atoms with van der Waals surface area (Å²) in [6.07, 6.45) is 1.72. The standard InChI is InChI=1S/C25H26N6O3/c1-3-4-13-31(16(2)23(27)32)22-14-21(24(28)33)29-25(30-22)18-7-11-20(12-8-18)34-19-9-5-17(15-26)6-10-19/h5-12,14,16H,3-4,13H2,1-2H3,(H2,27,32)(H2,28,33). The number of nitriles is 1. The number of carbonyl (C=O) groups is 2. The molecule has 9 nitrogen and oxygen atoms in total. The van der Waals surface area contributed by atoms with E-state index in [9.17, 15) is 9.59 Å². The predicted octanol–water partition coefficient (Wildman–Crippen LogP) is 3.39. The number of aromatic nitrogens is 2. The van der Waals surface area contributed by atoms with Crippen LogP contribution in [0.3, 0.4) is 0 Å². The van der Waals surface area contributed by atoms with Crippen LogP contribution in [0.4, 0.5) is 5.82 Å². The summed E-state index contributed by atoms with van der Waals surface area (Å²) >= 11 is 0. The van der Waals surface area contributed by atoms with Crippen molar-refractivity contribution in [2.24, 2.45) is 11.5 Å². The molecule has 1 heterocycles. The van der Waals surface area contributed by atoms with Crippen LogP contribution in [0.5, 0.6) is 11.5 Å². The molecule has 3 rings (SSSR count). The zero-order chi connectivity index (χ0) is 24.7. The van der Waals surface area contributed by atoms with Crippen molar-refractivity contribution >= 4 is 17.6 Å². The molecule has 0 aliphatic rings. The number of rotatable bonds is 10. The van der Waals surface area contributed by atoms with Crippen LogP contribution in [0.1, 0.15) is 42.7 Å². The zero-order valence-corrected chi connectivity index (χ0v) is 19.1. The minimum atomic E-state index is -0.701. The number of nitrogens with two attached hydrogens (primary N) is 2. The molecule has 9 heteroatoms. The summed E-state index contributed by atoms with van der Waals surface area (Å²) in [4.78, 5) is 34.5. The Hall–Kier alpha value is -4.45. The maximum absolute atomic E-state index is 12.0. The summed E-state index contributed by atoms with van der Waals surface area (Å²) in [5, 5.41) is 8.91. The topological polar surface area (TPSA) is 148 Å². The summed E-state index contributed by atoms with van der Waals surface area (Å²) in [6, 6.07) is 16.7. The molecule has 174 valence electrons. The van der Waals surface area contributed by atoms with Crippen LogP contribution in [-0.2, 0) is 4.79 Å². The molecular weight excluding hydrogens is 432 g/mol. The molecule has 0 aliphatic carbocycles. The molecule has 0 bridgehead atoms. The van der Waals surface area contributed by atoms with Crippen LogP contribution >= 0.6 is 0 Å². The fourth-order valence-corrected chi connectivity index (χ4v) is 3.23. The van der Waals surface area contributed by atoms with E-state index >= 15 is 0 Å². The first-order chi connectivity index (χ1) is 16.3. The number of anilines is 1. The van der Waals surface area contributed by atoms with Crippen molar-refractivity contribution in [2.75, 3.05) is 11.4 Å². The van der Waals surface area contributed by atoms with E-state index in [1.54, 1.807) is 60.4 Å². The van der Waals surface area contributed by atoms with Crippen molar-refractivity contribution in [3.8, 4) is 29.0 Å². The van der Waals surface area contributed by atoms with Gasteiger partial charge in [0.1, 0.15) is 29.1 Å². The van der Waals surface area contributed by atoms with Gasteiger partial charge in [-0.3, -0.25) is 9.59 Å². The summed E-state index contributed by atoms with van der Waals surface area (Å²) in [5.41, 5.74) is 12.3. The van der Waals surface area contributed by atoms with Gasteiger partial charge in [-0.2, -0.15) is 5.26 Å². The predicted molar refractivity (Wildman–Crippen MR) is 128 cm³/mol. The highest BCUT2D eigenvalue weighted by Crippen LogP contribution is 2.26. The van der Waals surface area contributed by atoms with E-state index in [1.165, 1.54) is 6.07 Å². The SMILES string of the molecule is CCCCN(c1cc(C(N)=O)nc(-c2ccc(Oc3ccc(C#N)cc3)cc2)n1)C(C)C(N)=O. The van der Waals surface area contributed by atoms with Crippen LogP contribution < -0.4 is 21.1 Å². The molecule has 2 aromatic carbocycles. The number of ether oxygens (including phenoxy) is 1. The molecule has 0 spiro atoms. The average molecular weight is 459 g/mol. The van der Waals surface area contributed by atoms with Crippen molar-refractivity contribution < 1.29 is 14.3 Å². The number of benzene rings is 2. The van der Waals surface area contributed by atoms with Gasteiger partial charge in [0.05, 0.1) is 11.6 Å². The fraction of sp³-hybridized carbons (Fsp3) is 0.240. The van der Waals surface area contributed by atoms with Crippen molar-refractivity contribution in [2.45, 2.75) is 32.7 Å². The maximum Gasteiger partial charge on any atom is 0.267 e. The number of carbonyl (C=O) groups excluding carboxylic acids is 2. The summed E-state index contributed by atoms with van der Waals surface area (Å²) in [6.45, 7) is 4.26. The Balaban J connectivity index is 1.93. The van der Waals surface area contributed by atoms with Crippen LogP contribution in [0.2, 0.25) is 0 Å². The lowest BCUT2D eigenvalue weighted by molar-refractivity contribution is -0.119. The van der Waals surface area contributed by atoms with E-state index in [0.29, 0.717) is 35.0 Å². The monoisotopic (exact) mass is 458 g/mol. The lowest BCUT2D eigenvalue weighted by Crippen LogP contribution is -2.44. The van der Waals surface area contributed by atoms with E-state index in [-0.39, 0.29) is 11.5 Å². The molecule has 1 atom stereocenters. The molecule has 0 saturated heterocycles. The van der Waals surface area contributed by atoms with Gasteiger partial charge in [0.25, 0.3) is 5.91 Å². The largest absolute Gasteiger partial charge is 0.457 e. The second-order valence-corrected chi connectivity index (χ2v) is 7.69. The Kier molecular flexibility index (Phi) is 7.77. The molecule has 0 saturated carbocycles. The number of hydrogen-bond acceptors (Lipinski definition) is 7. The second-order valence-electron chi connectivity index (χ2n) is 7.69. The van der Waals surface area contributed by atoms with E-state index in [2.05, 4.69) is 16.0 Å². The Morgan fingerprint density at radius 2 is 1.68 bits per heavy atom. The summed E-state index contributed by atoms with van der Waals surface area (Å²) in [7, 11) is 0. The van der Waals surface area contributed by atoms with E-state index in [1.807, 2.05) is 6.92 Å². The molecule has 0 fully saturated rings. The first kappa shape index (κ1) is 24.2. The van der Waals surface area contributed by atoms with E-state index in [0.717, 1.165) is 12.8 Å².